The Morgan fingerprint density at radius 2 is 1.90 bits per heavy atom. The largest absolute Gasteiger partial charge is 0.365 e. The highest BCUT2D eigenvalue weighted by atomic mass is 32.1. The van der Waals surface area contributed by atoms with Crippen LogP contribution in [-0.4, -0.2) is 16.1 Å². The van der Waals surface area contributed by atoms with E-state index in [4.69, 9.17) is 5.73 Å². The Kier molecular flexibility index (Phi) is 2.55. The lowest BCUT2D eigenvalue weighted by Crippen LogP contribution is -2.08. The number of fused-ring (bicyclic) bond motifs is 2. The van der Waals surface area contributed by atoms with Crippen LogP contribution in [0.1, 0.15) is 9.67 Å². The fraction of sp³-hybridized carbons (Fsp3) is 0. The van der Waals surface area contributed by atoms with Crippen molar-refractivity contribution in [1.29, 1.82) is 0 Å². The Balaban J connectivity index is 1.92. The molecule has 2 heterocycles. The first-order chi connectivity index (χ1) is 10.2. The molecule has 102 valence electrons. The van der Waals surface area contributed by atoms with Gasteiger partial charge in [0.15, 0.2) is 0 Å². The van der Waals surface area contributed by atoms with E-state index in [2.05, 4.69) is 34.5 Å². The number of hydrogen-bond donors (Lipinski definition) is 2. The highest BCUT2D eigenvalue weighted by Crippen LogP contribution is 2.33. The van der Waals surface area contributed by atoms with Crippen LogP contribution in [0.5, 0.6) is 0 Å². The Morgan fingerprint density at radius 3 is 2.71 bits per heavy atom. The van der Waals surface area contributed by atoms with Gasteiger partial charge in [0.25, 0.3) is 5.91 Å². The van der Waals surface area contributed by atoms with Gasteiger partial charge in [-0.05, 0) is 22.9 Å². The Morgan fingerprint density at radius 1 is 1.10 bits per heavy atom. The van der Waals surface area contributed by atoms with E-state index in [1.807, 2.05) is 18.2 Å². The number of nitrogens with one attached hydrogen (secondary N) is 1. The Hall–Kier alpha value is -2.66. The number of thiophene rings is 1. The van der Waals surface area contributed by atoms with E-state index in [0.29, 0.717) is 4.88 Å². The first-order valence-corrected chi connectivity index (χ1v) is 7.31. The summed E-state index contributed by atoms with van der Waals surface area (Å²) in [6.45, 7) is 0. The molecule has 5 heteroatoms. The maximum absolute atomic E-state index is 11.3. The van der Waals surface area contributed by atoms with Crippen molar-refractivity contribution in [3.63, 3.8) is 0 Å². The van der Waals surface area contributed by atoms with Crippen LogP contribution >= 0.6 is 11.3 Å². The number of rotatable bonds is 2. The second kappa shape index (κ2) is 4.43. The summed E-state index contributed by atoms with van der Waals surface area (Å²) in [5, 5.41) is 10.6. The van der Waals surface area contributed by atoms with Crippen LogP contribution in [-0.2, 0) is 0 Å². The highest BCUT2D eigenvalue weighted by Gasteiger charge is 2.14. The first-order valence-electron chi connectivity index (χ1n) is 6.49. The van der Waals surface area contributed by atoms with Gasteiger partial charge in [-0.2, -0.15) is 5.10 Å². The van der Waals surface area contributed by atoms with Crippen LogP contribution in [0.4, 0.5) is 0 Å². The molecule has 0 aliphatic heterocycles. The summed E-state index contributed by atoms with van der Waals surface area (Å²) >= 11 is 1.33. The van der Waals surface area contributed by atoms with Crippen LogP contribution in [0, 0.1) is 0 Å². The van der Waals surface area contributed by atoms with E-state index in [9.17, 15) is 4.79 Å². The van der Waals surface area contributed by atoms with E-state index in [-0.39, 0.29) is 0 Å². The van der Waals surface area contributed by atoms with E-state index in [1.54, 1.807) is 6.07 Å². The molecule has 4 nitrogen and oxygen atoms in total. The monoisotopic (exact) mass is 293 g/mol. The molecule has 0 fully saturated rings. The fourth-order valence-corrected chi connectivity index (χ4v) is 3.35. The molecule has 0 spiro atoms. The molecule has 3 N–H and O–H groups in total. The zero-order valence-electron chi connectivity index (χ0n) is 11.0. The molecule has 4 rings (SSSR count). The number of H-pyrrole nitrogens is 1. The topological polar surface area (TPSA) is 71.8 Å². The molecule has 0 aliphatic carbocycles. The summed E-state index contributed by atoms with van der Waals surface area (Å²) in [5.41, 5.74) is 7.21. The smallest absolute Gasteiger partial charge is 0.258 e. The standard InChI is InChI=1S/C16H11N3OS/c17-15(20)13-8-12-14(18-19-16(12)21-13)11-6-5-9-3-1-2-4-10(9)7-11/h1-8H,(H2,17,20)(H,18,19). The molecular formula is C16H11N3OS. The third-order valence-electron chi connectivity index (χ3n) is 3.52. The normalized spacial score (nSPS) is 11.2. The summed E-state index contributed by atoms with van der Waals surface area (Å²) in [5.74, 6) is -0.408. The van der Waals surface area contributed by atoms with Crippen molar-refractivity contribution in [1.82, 2.24) is 10.2 Å². The second-order valence-electron chi connectivity index (χ2n) is 4.85. The van der Waals surface area contributed by atoms with Crippen molar-refractivity contribution in [3.8, 4) is 11.3 Å². The van der Waals surface area contributed by atoms with Gasteiger partial charge in [-0.1, -0.05) is 36.4 Å². The van der Waals surface area contributed by atoms with E-state index in [0.717, 1.165) is 26.9 Å². The molecule has 1 amide bonds. The molecule has 4 aromatic rings. The lowest BCUT2D eigenvalue weighted by molar-refractivity contribution is 0.100. The molecule has 0 aliphatic rings. The molecule has 21 heavy (non-hydrogen) atoms. The minimum absolute atomic E-state index is 0.408. The quantitative estimate of drug-likeness (QED) is 0.593. The molecule has 0 saturated heterocycles. The highest BCUT2D eigenvalue weighted by molar-refractivity contribution is 7.20. The Bertz CT molecular complexity index is 983. The number of amides is 1. The Labute approximate surface area is 124 Å². The minimum atomic E-state index is -0.408. The van der Waals surface area contributed by atoms with Crippen molar-refractivity contribution in [2.45, 2.75) is 0 Å². The number of hydrogen-bond acceptors (Lipinski definition) is 3. The third-order valence-corrected chi connectivity index (χ3v) is 4.58. The zero-order chi connectivity index (χ0) is 14.4. The number of aromatic amines is 1. The van der Waals surface area contributed by atoms with Gasteiger partial charge in [-0.25, -0.2) is 0 Å². The SMILES string of the molecule is NC(=O)c1cc2c(-c3ccc4ccccc4c3)n[nH]c2s1. The van der Waals surface area contributed by atoms with Crippen molar-refractivity contribution in [2.75, 3.05) is 0 Å². The summed E-state index contributed by atoms with van der Waals surface area (Å²) < 4.78 is 0. The maximum atomic E-state index is 11.3. The lowest BCUT2D eigenvalue weighted by atomic mass is 10.0. The van der Waals surface area contributed by atoms with Crippen LogP contribution in [0.25, 0.3) is 32.2 Å². The van der Waals surface area contributed by atoms with Crippen molar-refractivity contribution >= 4 is 38.2 Å². The van der Waals surface area contributed by atoms with Gasteiger partial charge in [0.05, 0.1) is 4.88 Å². The molecule has 2 aromatic heterocycles. The second-order valence-corrected chi connectivity index (χ2v) is 5.90. The van der Waals surface area contributed by atoms with E-state index in [1.165, 1.54) is 16.7 Å². The number of nitrogens with zero attached hydrogens (tertiary/aromatic N) is 1. The molecule has 2 aromatic carbocycles. The van der Waals surface area contributed by atoms with Gasteiger partial charge < -0.3 is 5.73 Å². The molecule has 0 unspecified atom stereocenters. The summed E-state index contributed by atoms with van der Waals surface area (Å²) in [6.07, 6.45) is 0. The summed E-state index contributed by atoms with van der Waals surface area (Å²) in [6, 6.07) is 16.2. The summed E-state index contributed by atoms with van der Waals surface area (Å²) in [7, 11) is 0. The van der Waals surface area contributed by atoms with E-state index < -0.39 is 5.91 Å². The van der Waals surface area contributed by atoms with E-state index >= 15 is 0 Å². The molecular weight excluding hydrogens is 282 g/mol. The predicted molar refractivity (Wildman–Crippen MR) is 85.4 cm³/mol. The van der Waals surface area contributed by atoms with Crippen LogP contribution < -0.4 is 5.73 Å². The lowest BCUT2D eigenvalue weighted by Gasteiger charge is -2.01. The zero-order valence-corrected chi connectivity index (χ0v) is 11.8. The van der Waals surface area contributed by atoms with Gasteiger partial charge in [-0.3, -0.25) is 9.89 Å². The van der Waals surface area contributed by atoms with Crippen molar-refractivity contribution < 1.29 is 4.79 Å². The van der Waals surface area contributed by atoms with Gasteiger partial charge in [0, 0.05) is 10.9 Å². The fourth-order valence-electron chi connectivity index (χ4n) is 2.49. The molecule has 0 bridgehead atoms. The average molecular weight is 293 g/mol. The number of nitrogens with two attached hydrogens (primary N) is 1. The van der Waals surface area contributed by atoms with Gasteiger partial charge >= 0.3 is 0 Å². The average Bonchev–Trinajstić information content (AvgIpc) is 3.07. The van der Waals surface area contributed by atoms with Crippen LogP contribution in [0.15, 0.2) is 48.5 Å². The van der Waals surface area contributed by atoms with Gasteiger partial charge in [-0.15, -0.1) is 11.3 Å². The number of aromatic nitrogens is 2. The molecule has 0 radical (unpaired) electrons. The first kappa shape index (κ1) is 12.1. The minimum Gasteiger partial charge on any atom is -0.365 e. The molecule has 0 saturated carbocycles. The number of carbonyl (C=O) groups excluding carboxylic acids is 1. The third kappa shape index (κ3) is 1.90. The maximum Gasteiger partial charge on any atom is 0.258 e. The van der Waals surface area contributed by atoms with Gasteiger partial charge in [0.2, 0.25) is 0 Å². The van der Waals surface area contributed by atoms with Crippen molar-refractivity contribution in [2.24, 2.45) is 5.73 Å². The number of benzene rings is 2. The van der Waals surface area contributed by atoms with Crippen molar-refractivity contribution in [3.05, 3.63) is 53.4 Å². The predicted octanol–water partition coefficient (Wildman–Crippen LogP) is 3.54. The number of carbonyl (C=O) groups is 1. The molecule has 0 atom stereocenters. The van der Waals surface area contributed by atoms with Crippen LogP contribution in [0.2, 0.25) is 0 Å². The van der Waals surface area contributed by atoms with Gasteiger partial charge in [0.1, 0.15) is 10.5 Å². The van der Waals surface area contributed by atoms with Crippen LogP contribution in [0.3, 0.4) is 0 Å². The number of primary amides is 1. The summed E-state index contributed by atoms with van der Waals surface area (Å²) in [4.78, 5) is 12.7.